The number of methoxy groups -OCH3 is 1. The smallest absolute Gasteiger partial charge is 0.328 e. The third-order valence-corrected chi connectivity index (χ3v) is 2.04. The van der Waals surface area contributed by atoms with Crippen LogP contribution in [0, 0.1) is 5.92 Å². The molecule has 2 atom stereocenters. The number of ether oxygens (including phenoxy) is 1. The maximum atomic E-state index is 11.4. The largest absolute Gasteiger partial charge is 0.467 e. The molecule has 0 aromatic heterocycles. The zero-order chi connectivity index (χ0) is 12.7. The summed E-state index contributed by atoms with van der Waals surface area (Å²) in [6.45, 7) is 3.39. The number of nitrogens with one attached hydrogen (secondary N) is 1. The van der Waals surface area contributed by atoms with Crippen molar-refractivity contribution in [1.82, 2.24) is 5.32 Å². The van der Waals surface area contributed by atoms with Gasteiger partial charge >= 0.3 is 5.97 Å². The standard InChI is InChI=1S/C10H20N2O4/c1-6(2)4-8(10(15)16-3)12-9(14)7(11)5-13/h6-8,13H,4-5,11H2,1-3H3,(H,12,14)/t7-,8-/m0/s1. The fourth-order valence-corrected chi connectivity index (χ4v) is 1.19. The van der Waals surface area contributed by atoms with Crippen molar-refractivity contribution in [1.29, 1.82) is 0 Å². The number of hydrogen-bond donors (Lipinski definition) is 3. The van der Waals surface area contributed by atoms with Crippen LogP contribution < -0.4 is 11.1 Å². The highest BCUT2D eigenvalue weighted by Gasteiger charge is 2.24. The summed E-state index contributed by atoms with van der Waals surface area (Å²) >= 11 is 0. The van der Waals surface area contributed by atoms with Crippen molar-refractivity contribution in [2.24, 2.45) is 11.7 Å². The molecule has 0 unspecified atom stereocenters. The van der Waals surface area contributed by atoms with Crippen LogP contribution >= 0.6 is 0 Å². The molecule has 0 aliphatic rings. The first kappa shape index (κ1) is 14.9. The van der Waals surface area contributed by atoms with Crippen molar-refractivity contribution >= 4 is 11.9 Å². The Morgan fingerprint density at radius 1 is 1.44 bits per heavy atom. The molecule has 0 aromatic carbocycles. The summed E-state index contributed by atoms with van der Waals surface area (Å²) in [6, 6.07) is -1.73. The normalized spacial score (nSPS) is 14.4. The van der Waals surface area contributed by atoms with Crippen LogP contribution in [-0.2, 0) is 14.3 Å². The monoisotopic (exact) mass is 232 g/mol. The molecule has 0 aromatic rings. The summed E-state index contributed by atoms with van der Waals surface area (Å²) in [6.07, 6.45) is 0.469. The molecule has 1 amide bonds. The molecule has 0 saturated carbocycles. The number of rotatable bonds is 6. The zero-order valence-corrected chi connectivity index (χ0v) is 9.90. The van der Waals surface area contributed by atoms with Gasteiger partial charge in [0.25, 0.3) is 0 Å². The lowest BCUT2D eigenvalue weighted by atomic mass is 10.0. The maximum absolute atomic E-state index is 11.4. The van der Waals surface area contributed by atoms with E-state index in [1.54, 1.807) is 0 Å². The van der Waals surface area contributed by atoms with Gasteiger partial charge in [-0.25, -0.2) is 4.79 Å². The molecule has 6 nitrogen and oxygen atoms in total. The molecule has 0 spiro atoms. The SMILES string of the molecule is COC(=O)[C@H](CC(C)C)NC(=O)[C@@H](N)CO. The van der Waals surface area contributed by atoms with E-state index in [-0.39, 0.29) is 5.92 Å². The van der Waals surface area contributed by atoms with Gasteiger partial charge in [0.05, 0.1) is 13.7 Å². The topological polar surface area (TPSA) is 102 Å². The fourth-order valence-electron chi connectivity index (χ4n) is 1.19. The Kier molecular flexibility index (Phi) is 6.67. The van der Waals surface area contributed by atoms with E-state index in [0.29, 0.717) is 6.42 Å². The Morgan fingerprint density at radius 2 is 2.00 bits per heavy atom. The zero-order valence-electron chi connectivity index (χ0n) is 9.90. The first-order chi connectivity index (χ1) is 7.42. The molecule has 0 aliphatic carbocycles. The Bertz CT molecular complexity index is 243. The highest BCUT2D eigenvalue weighted by molar-refractivity contribution is 5.87. The average Bonchev–Trinajstić information content (AvgIpc) is 2.25. The summed E-state index contributed by atoms with van der Waals surface area (Å²) in [5.74, 6) is -0.833. The van der Waals surface area contributed by atoms with Gasteiger partial charge in [-0.05, 0) is 12.3 Å². The average molecular weight is 232 g/mol. The van der Waals surface area contributed by atoms with Gasteiger partial charge in [-0.1, -0.05) is 13.8 Å². The van der Waals surface area contributed by atoms with E-state index >= 15 is 0 Å². The summed E-state index contributed by atoms with van der Waals surface area (Å²) in [5, 5.41) is 11.1. The number of hydrogen-bond acceptors (Lipinski definition) is 5. The lowest BCUT2D eigenvalue weighted by Crippen LogP contribution is -2.50. The van der Waals surface area contributed by atoms with Crippen molar-refractivity contribution in [3.05, 3.63) is 0 Å². The van der Waals surface area contributed by atoms with E-state index in [2.05, 4.69) is 10.1 Å². The number of amides is 1. The fraction of sp³-hybridized carbons (Fsp3) is 0.800. The summed E-state index contributed by atoms with van der Waals surface area (Å²) in [5.41, 5.74) is 5.32. The van der Waals surface area contributed by atoms with Gasteiger partial charge in [0.2, 0.25) is 5.91 Å². The lowest BCUT2D eigenvalue weighted by molar-refractivity contribution is -0.145. The quantitative estimate of drug-likeness (QED) is 0.510. The molecule has 16 heavy (non-hydrogen) atoms. The van der Waals surface area contributed by atoms with E-state index in [9.17, 15) is 9.59 Å². The van der Waals surface area contributed by atoms with Gasteiger partial charge in [0, 0.05) is 0 Å². The highest BCUT2D eigenvalue weighted by atomic mass is 16.5. The summed E-state index contributed by atoms with van der Waals surface area (Å²) < 4.78 is 4.57. The Morgan fingerprint density at radius 3 is 2.38 bits per heavy atom. The minimum absolute atomic E-state index is 0.231. The van der Waals surface area contributed by atoms with E-state index in [1.165, 1.54) is 7.11 Å². The number of carbonyl (C=O) groups excluding carboxylic acids is 2. The van der Waals surface area contributed by atoms with E-state index < -0.39 is 30.6 Å². The van der Waals surface area contributed by atoms with Crippen LogP contribution in [0.5, 0.6) is 0 Å². The number of carbonyl (C=O) groups is 2. The molecule has 0 bridgehead atoms. The molecule has 4 N–H and O–H groups in total. The summed E-state index contributed by atoms with van der Waals surface area (Å²) in [4.78, 5) is 22.7. The van der Waals surface area contributed by atoms with Gasteiger partial charge < -0.3 is 20.9 Å². The molecule has 94 valence electrons. The van der Waals surface area contributed by atoms with E-state index in [1.807, 2.05) is 13.8 Å². The second-order valence-corrected chi connectivity index (χ2v) is 4.00. The molecule has 0 heterocycles. The van der Waals surface area contributed by atoms with Gasteiger partial charge in [-0.15, -0.1) is 0 Å². The Labute approximate surface area is 95.1 Å². The molecule has 6 heteroatoms. The third kappa shape index (κ3) is 5.09. The first-order valence-electron chi connectivity index (χ1n) is 5.17. The van der Waals surface area contributed by atoms with E-state index in [0.717, 1.165) is 0 Å². The van der Waals surface area contributed by atoms with Crippen LogP contribution in [0.15, 0.2) is 0 Å². The lowest BCUT2D eigenvalue weighted by Gasteiger charge is -2.19. The van der Waals surface area contributed by atoms with Crippen LogP contribution in [0.3, 0.4) is 0 Å². The van der Waals surface area contributed by atoms with Crippen molar-refractivity contribution in [2.45, 2.75) is 32.4 Å². The minimum Gasteiger partial charge on any atom is -0.467 e. The molecule has 0 fully saturated rings. The van der Waals surface area contributed by atoms with Gasteiger partial charge in [0.15, 0.2) is 0 Å². The van der Waals surface area contributed by atoms with Crippen molar-refractivity contribution in [3.63, 3.8) is 0 Å². The maximum Gasteiger partial charge on any atom is 0.328 e. The first-order valence-corrected chi connectivity index (χ1v) is 5.17. The number of nitrogens with two attached hydrogens (primary N) is 1. The number of aliphatic hydroxyl groups is 1. The number of aliphatic hydroxyl groups excluding tert-OH is 1. The highest BCUT2D eigenvalue weighted by Crippen LogP contribution is 2.06. The third-order valence-electron chi connectivity index (χ3n) is 2.04. The van der Waals surface area contributed by atoms with Crippen molar-refractivity contribution in [3.8, 4) is 0 Å². The molecule has 0 aliphatic heterocycles. The predicted octanol–water partition coefficient (Wildman–Crippen LogP) is -0.990. The van der Waals surface area contributed by atoms with E-state index in [4.69, 9.17) is 10.8 Å². The van der Waals surface area contributed by atoms with Crippen LogP contribution in [0.25, 0.3) is 0 Å². The minimum atomic E-state index is -1.01. The number of esters is 1. The van der Waals surface area contributed by atoms with Crippen LogP contribution in [0.4, 0.5) is 0 Å². The van der Waals surface area contributed by atoms with Gasteiger partial charge in [-0.2, -0.15) is 0 Å². The van der Waals surface area contributed by atoms with Gasteiger partial charge in [0.1, 0.15) is 12.1 Å². The van der Waals surface area contributed by atoms with Crippen LogP contribution in [0.1, 0.15) is 20.3 Å². The molecular weight excluding hydrogens is 212 g/mol. The predicted molar refractivity (Wildman–Crippen MR) is 58.5 cm³/mol. The molecule has 0 rings (SSSR count). The van der Waals surface area contributed by atoms with Crippen molar-refractivity contribution in [2.75, 3.05) is 13.7 Å². The molecular formula is C10H20N2O4. The van der Waals surface area contributed by atoms with Crippen LogP contribution in [0.2, 0.25) is 0 Å². The van der Waals surface area contributed by atoms with Gasteiger partial charge in [-0.3, -0.25) is 4.79 Å². The summed E-state index contributed by atoms with van der Waals surface area (Å²) in [7, 11) is 1.26. The Hall–Kier alpha value is -1.14. The molecule has 0 radical (unpaired) electrons. The second-order valence-electron chi connectivity index (χ2n) is 4.00. The van der Waals surface area contributed by atoms with Crippen molar-refractivity contribution < 1.29 is 19.4 Å². The second kappa shape index (κ2) is 7.19. The molecule has 0 saturated heterocycles. The Balaban J connectivity index is 4.42. The van der Waals surface area contributed by atoms with Crippen LogP contribution in [-0.4, -0.2) is 42.8 Å².